The maximum atomic E-state index is 5.79. The fraction of sp³-hybridized carbons (Fsp3) is 0.833. The fourth-order valence-electron chi connectivity index (χ4n) is 1.02. The van der Waals surface area contributed by atoms with E-state index in [1.807, 2.05) is 0 Å². The number of halogens is 2. The molecule has 47 valence electrons. The summed E-state index contributed by atoms with van der Waals surface area (Å²) < 4.78 is -0.464. The molecule has 0 aromatic heterocycles. The van der Waals surface area contributed by atoms with Gasteiger partial charge in [-0.05, 0) is 12.3 Å². The van der Waals surface area contributed by atoms with E-state index in [1.165, 1.54) is 5.92 Å². The molecule has 0 saturated heterocycles. The van der Waals surface area contributed by atoms with E-state index in [4.69, 9.17) is 23.2 Å². The van der Waals surface area contributed by atoms with Crippen LogP contribution in [0, 0.1) is 11.8 Å². The molecule has 8 heavy (non-hydrogen) atoms. The Hall–Kier alpha value is 0.580. The fourth-order valence-corrected chi connectivity index (χ4v) is 1.77. The minimum Gasteiger partial charge on any atom is -0.101 e. The first-order valence-corrected chi connectivity index (χ1v) is 3.60. The smallest absolute Gasteiger partial charge is 0.101 e. The van der Waals surface area contributed by atoms with Crippen molar-refractivity contribution in [1.29, 1.82) is 0 Å². The molecule has 0 amide bonds. The van der Waals surface area contributed by atoms with Gasteiger partial charge in [0.2, 0.25) is 0 Å². The number of alkyl halides is 2. The molecule has 0 nitrogen and oxygen atoms in total. The van der Waals surface area contributed by atoms with Crippen LogP contribution in [0.4, 0.5) is 0 Å². The molecule has 1 atom stereocenters. The highest BCUT2D eigenvalue weighted by Gasteiger charge is 2.59. The molecule has 2 heteroatoms. The van der Waals surface area contributed by atoms with Gasteiger partial charge in [-0.1, -0.05) is 13.8 Å². The Morgan fingerprint density at radius 3 is 2.00 bits per heavy atom. The van der Waals surface area contributed by atoms with Gasteiger partial charge < -0.3 is 0 Å². The Balaban J connectivity index is 2.45. The second-order valence-corrected chi connectivity index (χ2v) is 3.61. The zero-order valence-electron chi connectivity index (χ0n) is 5.04. The van der Waals surface area contributed by atoms with Crippen LogP contribution in [0.15, 0.2) is 0 Å². The maximum Gasteiger partial charge on any atom is 0.128 e. The van der Waals surface area contributed by atoms with E-state index in [0.29, 0.717) is 5.92 Å². The lowest BCUT2D eigenvalue weighted by Crippen LogP contribution is -1.86. The van der Waals surface area contributed by atoms with Crippen molar-refractivity contribution in [2.24, 2.45) is 5.92 Å². The highest BCUT2D eigenvalue weighted by atomic mass is 35.5. The van der Waals surface area contributed by atoms with Crippen molar-refractivity contribution in [3.05, 3.63) is 5.92 Å². The van der Waals surface area contributed by atoms with Gasteiger partial charge in [0.15, 0.2) is 0 Å². The van der Waals surface area contributed by atoms with Crippen LogP contribution in [-0.4, -0.2) is 4.33 Å². The summed E-state index contributed by atoms with van der Waals surface area (Å²) in [6.45, 7) is 4.14. The van der Waals surface area contributed by atoms with E-state index >= 15 is 0 Å². The maximum absolute atomic E-state index is 5.79. The Bertz CT molecular complexity index is 98.7. The summed E-state index contributed by atoms with van der Waals surface area (Å²) in [4.78, 5) is 0. The third-order valence-electron chi connectivity index (χ3n) is 1.79. The number of rotatable bonds is 1. The molecule has 1 aliphatic carbocycles. The molecule has 0 N–H and O–H groups in total. The van der Waals surface area contributed by atoms with Crippen molar-refractivity contribution >= 4 is 23.2 Å². The van der Waals surface area contributed by atoms with Crippen molar-refractivity contribution < 1.29 is 0 Å². The number of hydrogen-bond acceptors (Lipinski definition) is 0. The minimum atomic E-state index is -0.464. The zero-order valence-corrected chi connectivity index (χ0v) is 6.55. The zero-order chi connectivity index (χ0) is 6.36. The second-order valence-electron chi connectivity index (χ2n) is 2.22. The second kappa shape index (κ2) is 1.78. The average Bonchev–Trinajstić information content (AvgIpc) is 2.09. The van der Waals surface area contributed by atoms with E-state index in [2.05, 4.69) is 13.8 Å². The molecule has 0 heterocycles. The lowest BCUT2D eigenvalue weighted by atomic mass is 10.3. The van der Waals surface area contributed by atoms with Gasteiger partial charge in [-0.25, -0.2) is 0 Å². The van der Waals surface area contributed by atoms with Crippen LogP contribution in [0.25, 0.3) is 0 Å². The molecule has 1 fully saturated rings. The van der Waals surface area contributed by atoms with Gasteiger partial charge in [0.05, 0.1) is 0 Å². The Kier molecular flexibility index (Phi) is 1.49. The largest absolute Gasteiger partial charge is 0.128 e. The van der Waals surface area contributed by atoms with Crippen LogP contribution in [0.2, 0.25) is 0 Å². The number of hydrogen-bond donors (Lipinski definition) is 0. The summed E-state index contributed by atoms with van der Waals surface area (Å²) in [5.41, 5.74) is 0. The molecular weight excluding hydrogens is 143 g/mol. The topological polar surface area (TPSA) is 0 Å². The van der Waals surface area contributed by atoms with Crippen LogP contribution in [0.3, 0.4) is 0 Å². The van der Waals surface area contributed by atoms with Gasteiger partial charge in [-0.15, -0.1) is 23.2 Å². The van der Waals surface area contributed by atoms with Crippen molar-refractivity contribution in [3.63, 3.8) is 0 Å². The first-order valence-electron chi connectivity index (χ1n) is 2.84. The SMILES string of the molecule is CC[C]1C(C)C1(Cl)Cl. The third-order valence-corrected chi connectivity index (χ3v) is 2.93. The van der Waals surface area contributed by atoms with E-state index in [1.54, 1.807) is 0 Å². The monoisotopic (exact) mass is 151 g/mol. The van der Waals surface area contributed by atoms with Crippen LogP contribution in [0.1, 0.15) is 20.3 Å². The van der Waals surface area contributed by atoms with Gasteiger partial charge in [-0.3, -0.25) is 0 Å². The summed E-state index contributed by atoms with van der Waals surface area (Å²) in [7, 11) is 0. The van der Waals surface area contributed by atoms with Crippen molar-refractivity contribution in [2.45, 2.75) is 24.6 Å². The first-order chi connectivity index (χ1) is 3.60. The molecule has 0 bridgehead atoms. The van der Waals surface area contributed by atoms with Crippen LogP contribution < -0.4 is 0 Å². The molecule has 1 unspecified atom stereocenters. The molecule has 0 aromatic rings. The summed E-state index contributed by atoms with van der Waals surface area (Å²) >= 11 is 11.6. The van der Waals surface area contributed by atoms with Crippen LogP contribution in [-0.2, 0) is 0 Å². The first kappa shape index (κ1) is 6.70. The third kappa shape index (κ3) is 0.745. The average molecular weight is 152 g/mol. The normalized spacial score (nSPS) is 35.2. The lowest BCUT2D eigenvalue weighted by Gasteiger charge is -1.89. The molecule has 1 radical (unpaired) electrons. The van der Waals surface area contributed by atoms with Crippen LogP contribution in [0.5, 0.6) is 0 Å². The van der Waals surface area contributed by atoms with Gasteiger partial charge >= 0.3 is 0 Å². The Labute approximate surface area is 60.2 Å². The highest BCUT2D eigenvalue weighted by Crippen LogP contribution is 2.62. The summed E-state index contributed by atoms with van der Waals surface area (Å²) in [5, 5.41) is 0. The van der Waals surface area contributed by atoms with E-state index in [-0.39, 0.29) is 0 Å². The van der Waals surface area contributed by atoms with Gasteiger partial charge in [0, 0.05) is 5.92 Å². The standard InChI is InChI=1S/C6H9Cl2/c1-3-5-4(2)6(5,7)8/h4H,3H2,1-2H3. The van der Waals surface area contributed by atoms with E-state index < -0.39 is 4.33 Å². The van der Waals surface area contributed by atoms with Gasteiger partial charge in [-0.2, -0.15) is 0 Å². The Morgan fingerprint density at radius 2 is 2.00 bits per heavy atom. The predicted molar refractivity (Wildman–Crippen MR) is 37.1 cm³/mol. The molecule has 1 rings (SSSR count). The summed E-state index contributed by atoms with van der Waals surface area (Å²) in [6, 6.07) is 0. The molecule has 1 aliphatic rings. The quantitative estimate of drug-likeness (QED) is 0.506. The molecule has 1 saturated carbocycles. The van der Waals surface area contributed by atoms with Gasteiger partial charge in [0.1, 0.15) is 4.33 Å². The van der Waals surface area contributed by atoms with E-state index in [9.17, 15) is 0 Å². The molecular formula is C6H9Cl2. The molecule has 0 aromatic carbocycles. The van der Waals surface area contributed by atoms with Crippen molar-refractivity contribution in [1.82, 2.24) is 0 Å². The lowest BCUT2D eigenvalue weighted by molar-refractivity contribution is 0.930. The van der Waals surface area contributed by atoms with Crippen LogP contribution >= 0.6 is 23.2 Å². The molecule has 0 spiro atoms. The summed E-state index contributed by atoms with van der Waals surface area (Å²) in [6.07, 6.45) is 1.02. The minimum absolute atomic E-state index is 0.427. The van der Waals surface area contributed by atoms with Crippen molar-refractivity contribution in [2.75, 3.05) is 0 Å². The molecule has 0 aliphatic heterocycles. The Morgan fingerprint density at radius 1 is 1.62 bits per heavy atom. The predicted octanol–water partition coefficient (Wildman–Crippen LogP) is 2.79. The van der Waals surface area contributed by atoms with Crippen molar-refractivity contribution in [3.8, 4) is 0 Å². The highest BCUT2D eigenvalue weighted by molar-refractivity contribution is 6.53. The van der Waals surface area contributed by atoms with E-state index in [0.717, 1.165) is 6.42 Å². The van der Waals surface area contributed by atoms with Gasteiger partial charge in [0.25, 0.3) is 0 Å². The summed E-state index contributed by atoms with van der Waals surface area (Å²) in [5.74, 6) is 1.71.